The van der Waals surface area contributed by atoms with Crippen LogP contribution in [0.1, 0.15) is 6.92 Å². The molecule has 39 heavy (non-hydrogen) atoms. The summed E-state index contributed by atoms with van der Waals surface area (Å²) in [6.45, 7) is 1.65. The van der Waals surface area contributed by atoms with E-state index in [0.717, 1.165) is 16.8 Å². The van der Waals surface area contributed by atoms with Crippen LogP contribution in [0.4, 0.5) is 22.4 Å². The van der Waals surface area contributed by atoms with Gasteiger partial charge in [-0.2, -0.15) is 15.0 Å². The number of esters is 1. The summed E-state index contributed by atoms with van der Waals surface area (Å²) in [6, 6.07) is 20.2. The molecule has 3 N–H and O–H groups in total. The SMILES string of the molecule is CCOC(=O)CNc1nc(NC(=O)Nc2cccc3ccccc23)nc(Oc2cc(=O)oc3ccccc23)n1. The highest BCUT2D eigenvalue weighted by atomic mass is 16.5. The number of nitrogens with zero attached hydrogens (tertiary/aromatic N) is 3. The number of rotatable bonds is 8. The van der Waals surface area contributed by atoms with Crippen molar-refractivity contribution in [3.8, 4) is 11.8 Å². The minimum absolute atomic E-state index is 0.0687. The van der Waals surface area contributed by atoms with Gasteiger partial charge in [0.05, 0.1) is 23.7 Å². The van der Waals surface area contributed by atoms with Gasteiger partial charge in [0.1, 0.15) is 17.9 Å². The molecular formula is C27H22N6O6. The van der Waals surface area contributed by atoms with Crippen molar-refractivity contribution in [1.29, 1.82) is 0 Å². The number of ether oxygens (including phenoxy) is 2. The van der Waals surface area contributed by atoms with Crippen molar-refractivity contribution in [3.05, 3.63) is 83.2 Å². The Bertz CT molecular complexity index is 1730. The van der Waals surface area contributed by atoms with Crippen LogP contribution in [-0.2, 0) is 9.53 Å². The lowest BCUT2D eigenvalue weighted by atomic mass is 10.1. The molecule has 0 unspecified atom stereocenters. The predicted octanol–water partition coefficient (Wildman–Crippen LogP) is 4.54. The Morgan fingerprint density at radius 2 is 1.62 bits per heavy atom. The third-order valence-electron chi connectivity index (χ3n) is 5.39. The zero-order valence-corrected chi connectivity index (χ0v) is 20.6. The van der Waals surface area contributed by atoms with E-state index in [1.807, 2.05) is 36.4 Å². The molecule has 0 radical (unpaired) electrons. The topological polar surface area (TPSA) is 158 Å². The Kier molecular flexibility index (Phi) is 7.26. The summed E-state index contributed by atoms with van der Waals surface area (Å²) >= 11 is 0. The first-order valence-electron chi connectivity index (χ1n) is 11.9. The van der Waals surface area contributed by atoms with Gasteiger partial charge in [-0.25, -0.2) is 9.59 Å². The van der Waals surface area contributed by atoms with Crippen LogP contribution in [-0.4, -0.2) is 40.1 Å². The van der Waals surface area contributed by atoms with Crippen molar-refractivity contribution in [2.45, 2.75) is 6.92 Å². The summed E-state index contributed by atoms with van der Waals surface area (Å²) in [4.78, 5) is 49.2. The average Bonchev–Trinajstić information content (AvgIpc) is 2.92. The van der Waals surface area contributed by atoms with Crippen LogP contribution in [0.25, 0.3) is 21.7 Å². The maximum absolute atomic E-state index is 12.9. The van der Waals surface area contributed by atoms with Gasteiger partial charge in [-0.15, -0.1) is 0 Å². The first-order valence-corrected chi connectivity index (χ1v) is 11.9. The fourth-order valence-electron chi connectivity index (χ4n) is 3.75. The lowest BCUT2D eigenvalue weighted by Crippen LogP contribution is -2.23. The van der Waals surface area contributed by atoms with Gasteiger partial charge in [-0.05, 0) is 30.5 Å². The molecule has 2 heterocycles. The van der Waals surface area contributed by atoms with Gasteiger partial charge < -0.3 is 24.5 Å². The van der Waals surface area contributed by atoms with Gasteiger partial charge in [0.25, 0.3) is 0 Å². The van der Waals surface area contributed by atoms with E-state index in [4.69, 9.17) is 13.9 Å². The summed E-state index contributed by atoms with van der Waals surface area (Å²) < 4.78 is 15.9. The molecule has 2 amide bonds. The van der Waals surface area contributed by atoms with Crippen LogP contribution in [0, 0.1) is 0 Å². The normalized spacial score (nSPS) is 10.7. The Balaban J connectivity index is 1.43. The number of para-hydroxylation sites is 1. The highest BCUT2D eigenvalue weighted by Gasteiger charge is 2.15. The third kappa shape index (κ3) is 6.07. The van der Waals surface area contributed by atoms with Gasteiger partial charge in [0.2, 0.25) is 11.9 Å². The Morgan fingerprint density at radius 3 is 2.46 bits per heavy atom. The molecule has 3 aromatic carbocycles. The fraction of sp³-hybridized carbons (Fsp3) is 0.111. The van der Waals surface area contributed by atoms with Gasteiger partial charge in [0.15, 0.2) is 0 Å². The van der Waals surface area contributed by atoms with E-state index < -0.39 is 17.6 Å². The Labute approximate surface area is 221 Å². The summed E-state index contributed by atoms with van der Waals surface area (Å²) in [6.07, 6.45) is 0. The number of carbonyl (C=O) groups excluding carboxylic acids is 2. The number of anilines is 3. The van der Waals surface area contributed by atoms with Crippen LogP contribution in [0.2, 0.25) is 0 Å². The van der Waals surface area contributed by atoms with Crippen molar-refractivity contribution in [2.75, 3.05) is 29.1 Å². The van der Waals surface area contributed by atoms with E-state index in [0.29, 0.717) is 16.7 Å². The number of aromatic nitrogens is 3. The molecule has 0 aliphatic heterocycles. The molecule has 0 atom stereocenters. The van der Waals surface area contributed by atoms with Crippen molar-refractivity contribution < 1.29 is 23.5 Å². The predicted molar refractivity (Wildman–Crippen MR) is 144 cm³/mol. The van der Waals surface area contributed by atoms with Crippen LogP contribution < -0.4 is 26.3 Å². The number of carbonyl (C=O) groups is 2. The molecule has 0 saturated heterocycles. The van der Waals surface area contributed by atoms with Crippen molar-refractivity contribution in [1.82, 2.24) is 15.0 Å². The molecule has 2 aromatic heterocycles. The second kappa shape index (κ2) is 11.3. The van der Waals surface area contributed by atoms with Crippen molar-refractivity contribution in [2.24, 2.45) is 0 Å². The van der Waals surface area contributed by atoms with Crippen LogP contribution in [0.5, 0.6) is 11.8 Å². The van der Waals surface area contributed by atoms with Gasteiger partial charge >= 0.3 is 23.6 Å². The maximum Gasteiger partial charge on any atom is 0.339 e. The van der Waals surface area contributed by atoms with Crippen LogP contribution in [0.15, 0.2) is 82.0 Å². The number of hydrogen-bond acceptors (Lipinski definition) is 10. The van der Waals surface area contributed by atoms with Crippen molar-refractivity contribution >= 4 is 51.3 Å². The van der Waals surface area contributed by atoms with E-state index in [1.54, 1.807) is 37.3 Å². The van der Waals surface area contributed by atoms with E-state index in [-0.39, 0.29) is 36.8 Å². The summed E-state index contributed by atoms with van der Waals surface area (Å²) in [7, 11) is 0. The monoisotopic (exact) mass is 526 g/mol. The zero-order chi connectivity index (χ0) is 27.2. The lowest BCUT2D eigenvalue weighted by molar-refractivity contribution is -0.140. The molecule has 5 aromatic rings. The quantitative estimate of drug-likeness (QED) is 0.194. The van der Waals surface area contributed by atoms with E-state index in [9.17, 15) is 14.4 Å². The molecule has 0 bridgehead atoms. The highest BCUT2D eigenvalue weighted by molar-refractivity contribution is 6.05. The molecule has 196 valence electrons. The minimum Gasteiger partial charge on any atom is -0.465 e. The van der Waals surface area contributed by atoms with Crippen LogP contribution >= 0.6 is 0 Å². The highest BCUT2D eigenvalue weighted by Crippen LogP contribution is 2.28. The lowest BCUT2D eigenvalue weighted by Gasteiger charge is -2.12. The van der Waals surface area contributed by atoms with E-state index >= 15 is 0 Å². The molecule has 5 rings (SSSR count). The fourth-order valence-corrected chi connectivity index (χ4v) is 3.75. The van der Waals surface area contributed by atoms with Crippen LogP contribution in [0.3, 0.4) is 0 Å². The largest absolute Gasteiger partial charge is 0.465 e. The molecular weight excluding hydrogens is 504 g/mol. The molecule has 0 saturated carbocycles. The van der Waals surface area contributed by atoms with Gasteiger partial charge in [0, 0.05) is 5.39 Å². The van der Waals surface area contributed by atoms with Gasteiger partial charge in [-0.3, -0.25) is 10.1 Å². The molecule has 12 heteroatoms. The standard InChI is InChI=1S/C27H22N6O6/c1-2-37-23(35)15-28-24-30-25(31-26(36)29-19-12-7-9-16-8-3-4-10-17(16)19)33-27(32-24)39-21-14-22(34)38-20-13-6-5-11-18(20)21/h3-14H,2,15H2,1H3,(H3,28,29,30,31,32,33,36). The molecule has 0 spiro atoms. The van der Waals surface area contributed by atoms with Crippen molar-refractivity contribution in [3.63, 3.8) is 0 Å². The molecule has 0 fully saturated rings. The first-order chi connectivity index (χ1) is 19.0. The summed E-state index contributed by atoms with van der Waals surface area (Å²) in [5.74, 6) is -0.636. The molecule has 12 nitrogen and oxygen atoms in total. The number of urea groups is 1. The number of benzene rings is 3. The van der Waals surface area contributed by atoms with E-state index in [2.05, 4.69) is 30.9 Å². The Hall–Kier alpha value is -5.52. The number of amides is 2. The second-order valence-corrected chi connectivity index (χ2v) is 8.06. The first kappa shape index (κ1) is 25.1. The minimum atomic E-state index is -0.633. The maximum atomic E-state index is 12.9. The number of nitrogens with one attached hydrogen (secondary N) is 3. The Morgan fingerprint density at radius 1 is 0.872 bits per heavy atom. The summed E-state index contributed by atoms with van der Waals surface area (Å²) in [5.41, 5.74) is 0.257. The number of fused-ring (bicyclic) bond motifs is 2. The second-order valence-electron chi connectivity index (χ2n) is 8.06. The van der Waals surface area contributed by atoms with E-state index in [1.165, 1.54) is 0 Å². The smallest absolute Gasteiger partial charge is 0.339 e. The molecule has 0 aliphatic rings. The number of hydrogen-bond donors (Lipinski definition) is 3. The molecule has 0 aliphatic carbocycles. The zero-order valence-electron chi connectivity index (χ0n) is 20.6. The average molecular weight is 527 g/mol. The summed E-state index contributed by atoms with van der Waals surface area (Å²) in [5, 5.41) is 10.4. The van der Waals surface area contributed by atoms with Gasteiger partial charge in [-0.1, -0.05) is 48.5 Å². The third-order valence-corrected chi connectivity index (χ3v) is 5.39.